The number of nitrogens with two attached hydrogens (primary N) is 1. The topological polar surface area (TPSA) is 83.6 Å². The molecule has 0 aromatic rings. The molecule has 98 valence electrons. The first kappa shape index (κ1) is 14.0. The minimum atomic E-state index is -0.824. The Balaban J connectivity index is 2.52. The maximum Gasteiger partial charge on any atom is 0.308 e. The fraction of sp³-hybridized carbons (Fsp3) is 0.833. The van der Waals surface area contributed by atoms with Gasteiger partial charge in [-0.3, -0.25) is 9.59 Å². The first-order chi connectivity index (χ1) is 7.97. The van der Waals surface area contributed by atoms with E-state index < -0.39 is 17.9 Å². The van der Waals surface area contributed by atoms with Gasteiger partial charge in [-0.05, 0) is 12.3 Å². The molecule has 0 bridgehead atoms. The van der Waals surface area contributed by atoms with Crippen molar-refractivity contribution in [2.75, 3.05) is 13.1 Å². The molecular formula is C12H22N2O3. The Labute approximate surface area is 102 Å². The molecule has 3 atom stereocenters. The Kier molecular flexibility index (Phi) is 4.93. The largest absolute Gasteiger partial charge is 0.481 e. The molecule has 1 saturated heterocycles. The molecule has 1 fully saturated rings. The number of likely N-dealkylation sites (tertiary alicyclic amines) is 1. The molecule has 0 aliphatic carbocycles. The van der Waals surface area contributed by atoms with E-state index in [1.165, 1.54) is 0 Å². The second kappa shape index (κ2) is 6.00. The summed E-state index contributed by atoms with van der Waals surface area (Å²) in [5.74, 6) is -1.36. The average Bonchev–Trinajstić information content (AvgIpc) is 2.67. The summed E-state index contributed by atoms with van der Waals surface area (Å²) in [6.45, 7) is 4.73. The van der Waals surface area contributed by atoms with Gasteiger partial charge in [-0.15, -0.1) is 0 Å². The minimum absolute atomic E-state index is 0.00910. The predicted octanol–water partition coefficient (Wildman–Crippen LogP) is 0.683. The third-order valence-corrected chi connectivity index (χ3v) is 3.43. The van der Waals surface area contributed by atoms with Gasteiger partial charge in [-0.2, -0.15) is 0 Å². The van der Waals surface area contributed by atoms with Crippen LogP contribution in [0.3, 0.4) is 0 Å². The number of carboxylic acid groups (broad SMARTS) is 1. The Hall–Kier alpha value is -1.10. The van der Waals surface area contributed by atoms with Crippen LogP contribution in [0.5, 0.6) is 0 Å². The Morgan fingerprint density at radius 3 is 2.59 bits per heavy atom. The summed E-state index contributed by atoms with van der Waals surface area (Å²) in [5, 5.41) is 8.99. The molecule has 0 spiro atoms. The van der Waals surface area contributed by atoms with Gasteiger partial charge < -0.3 is 15.7 Å². The van der Waals surface area contributed by atoms with Crippen LogP contribution in [0.4, 0.5) is 0 Å². The summed E-state index contributed by atoms with van der Waals surface area (Å²) in [6, 6.07) is -0.477. The van der Waals surface area contributed by atoms with Gasteiger partial charge in [0.2, 0.25) is 5.91 Å². The van der Waals surface area contributed by atoms with Gasteiger partial charge >= 0.3 is 5.97 Å². The standard InChI is InChI=1S/C12H22N2O3/c1-3-4-5-10(13)11(15)14-6-8(2)9(7-14)12(16)17/h8-10H,3-7,13H2,1-2H3,(H,16,17)/t8?,9?,10-/m0/s1. The molecular weight excluding hydrogens is 220 g/mol. The second-order valence-electron chi connectivity index (χ2n) is 4.91. The van der Waals surface area contributed by atoms with E-state index in [9.17, 15) is 9.59 Å². The first-order valence-electron chi connectivity index (χ1n) is 6.24. The zero-order valence-corrected chi connectivity index (χ0v) is 10.6. The molecule has 3 N–H and O–H groups in total. The van der Waals surface area contributed by atoms with Crippen LogP contribution in [-0.4, -0.2) is 41.0 Å². The lowest BCUT2D eigenvalue weighted by molar-refractivity contribution is -0.142. The van der Waals surface area contributed by atoms with Crippen LogP contribution in [-0.2, 0) is 9.59 Å². The van der Waals surface area contributed by atoms with Crippen molar-refractivity contribution in [3.05, 3.63) is 0 Å². The summed E-state index contributed by atoms with van der Waals surface area (Å²) in [7, 11) is 0. The molecule has 0 aromatic heterocycles. The van der Waals surface area contributed by atoms with E-state index in [0.29, 0.717) is 19.5 Å². The highest BCUT2D eigenvalue weighted by atomic mass is 16.4. The van der Waals surface area contributed by atoms with E-state index in [1.54, 1.807) is 4.90 Å². The van der Waals surface area contributed by atoms with E-state index in [1.807, 2.05) is 6.92 Å². The van der Waals surface area contributed by atoms with Crippen molar-refractivity contribution in [1.82, 2.24) is 4.90 Å². The number of rotatable bonds is 5. The van der Waals surface area contributed by atoms with E-state index >= 15 is 0 Å². The number of nitrogens with zero attached hydrogens (tertiary/aromatic N) is 1. The van der Waals surface area contributed by atoms with Gasteiger partial charge in [-0.25, -0.2) is 0 Å². The third kappa shape index (κ3) is 3.43. The lowest BCUT2D eigenvalue weighted by Crippen LogP contribution is -2.43. The van der Waals surface area contributed by atoms with Gasteiger partial charge in [0, 0.05) is 13.1 Å². The third-order valence-electron chi connectivity index (χ3n) is 3.43. The molecule has 1 rings (SSSR count). The highest BCUT2D eigenvalue weighted by molar-refractivity contribution is 5.83. The maximum atomic E-state index is 12.0. The predicted molar refractivity (Wildman–Crippen MR) is 64.4 cm³/mol. The fourth-order valence-electron chi connectivity index (χ4n) is 2.25. The van der Waals surface area contributed by atoms with Crippen LogP contribution >= 0.6 is 0 Å². The summed E-state index contributed by atoms with van der Waals surface area (Å²) in [6.07, 6.45) is 2.62. The highest BCUT2D eigenvalue weighted by Crippen LogP contribution is 2.23. The molecule has 5 nitrogen and oxygen atoms in total. The van der Waals surface area contributed by atoms with Gasteiger partial charge in [0.1, 0.15) is 0 Å². The van der Waals surface area contributed by atoms with Crippen molar-refractivity contribution >= 4 is 11.9 Å². The van der Waals surface area contributed by atoms with Crippen LogP contribution in [0, 0.1) is 11.8 Å². The number of amides is 1. The average molecular weight is 242 g/mol. The smallest absolute Gasteiger partial charge is 0.308 e. The van der Waals surface area contributed by atoms with Crippen molar-refractivity contribution < 1.29 is 14.7 Å². The molecule has 0 radical (unpaired) electrons. The first-order valence-corrected chi connectivity index (χ1v) is 6.24. The van der Waals surface area contributed by atoms with Crippen molar-refractivity contribution in [3.8, 4) is 0 Å². The lowest BCUT2D eigenvalue weighted by Gasteiger charge is -2.20. The van der Waals surface area contributed by atoms with Crippen molar-refractivity contribution in [3.63, 3.8) is 0 Å². The highest BCUT2D eigenvalue weighted by Gasteiger charge is 2.37. The Morgan fingerprint density at radius 1 is 1.47 bits per heavy atom. The molecule has 2 unspecified atom stereocenters. The van der Waals surface area contributed by atoms with E-state index in [2.05, 4.69) is 6.92 Å². The quantitative estimate of drug-likeness (QED) is 0.742. The lowest BCUT2D eigenvalue weighted by atomic mass is 9.99. The van der Waals surface area contributed by atoms with Gasteiger partial charge in [0.15, 0.2) is 0 Å². The fourth-order valence-corrected chi connectivity index (χ4v) is 2.25. The van der Waals surface area contributed by atoms with E-state index in [-0.39, 0.29) is 11.8 Å². The van der Waals surface area contributed by atoms with Crippen molar-refractivity contribution in [1.29, 1.82) is 0 Å². The Morgan fingerprint density at radius 2 is 2.12 bits per heavy atom. The number of carbonyl (C=O) groups excluding carboxylic acids is 1. The minimum Gasteiger partial charge on any atom is -0.481 e. The van der Waals surface area contributed by atoms with E-state index in [4.69, 9.17) is 10.8 Å². The number of carbonyl (C=O) groups is 2. The zero-order chi connectivity index (χ0) is 13.0. The molecule has 0 saturated carbocycles. The van der Waals surface area contributed by atoms with Gasteiger partial charge in [0.25, 0.3) is 0 Å². The van der Waals surface area contributed by atoms with Crippen LogP contribution in [0.25, 0.3) is 0 Å². The molecule has 1 aliphatic rings. The molecule has 1 heterocycles. The number of unbranched alkanes of at least 4 members (excludes halogenated alkanes) is 1. The summed E-state index contributed by atoms with van der Waals surface area (Å²) in [5.41, 5.74) is 5.81. The van der Waals surface area contributed by atoms with E-state index in [0.717, 1.165) is 12.8 Å². The number of hydrogen-bond acceptors (Lipinski definition) is 3. The molecule has 1 amide bonds. The van der Waals surface area contributed by atoms with Crippen LogP contribution in [0.1, 0.15) is 33.1 Å². The number of aliphatic carboxylic acids is 1. The monoisotopic (exact) mass is 242 g/mol. The number of carboxylic acids is 1. The van der Waals surface area contributed by atoms with Crippen molar-refractivity contribution in [2.45, 2.75) is 39.2 Å². The molecule has 17 heavy (non-hydrogen) atoms. The molecule has 1 aliphatic heterocycles. The Bertz CT molecular complexity index is 293. The summed E-state index contributed by atoms with van der Waals surface area (Å²) in [4.78, 5) is 24.5. The van der Waals surface area contributed by atoms with Gasteiger partial charge in [0.05, 0.1) is 12.0 Å². The van der Waals surface area contributed by atoms with Crippen LogP contribution in [0.15, 0.2) is 0 Å². The van der Waals surface area contributed by atoms with Gasteiger partial charge in [-0.1, -0.05) is 26.7 Å². The second-order valence-corrected chi connectivity index (χ2v) is 4.91. The number of hydrogen-bond donors (Lipinski definition) is 2. The van der Waals surface area contributed by atoms with Crippen molar-refractivity contribution in [2.24, 2.45) is 17.6 Å². The summed E-state index contributed by atoms with van der Waals surface area (Å²) >= 11 is 0. The SMILES string of the molecule is CCCC[C@H](N)C(=O)N1CC(C)C(C(=O)O)C1. The summed E-state index contributed by atoms with van der Waals surface area (Å²) < 4.78 is 0. The molecule has 0 aromatic carbocycles. The van der Waals surface area contributed by atoms with Crippen LogP contribution < -0.4 is 5.73 Å². The zero-order valence-electron chi connectivity index (χ0n) is 10.6. The molecule has 5 heteroatoms. The normalized spacial score (nSPS) is 25.9. The maximum absolute atomic E-state index is 12.0. The van der Waals surface area contributed by atoms with Crippen LogP contribution in [0.2, 0.25) is 0 Å².